The molecule has 4 heteroatoms. The lowest BCUT2D eigenvalue weighted by Gasteiger charge is -2.27. The lowest BCUT2D eigenvalue weighted by atomic mass is 10.1. The smallest absolute Gasteiger partial charge is 0.257 e. The molecule has 1 aromatic rings. The summed E-state index contributed by atoms with van der Waals surface area (Å²) in [5, 5.41) is 9.94. The second-order valence-corrected chi connectivity index (χ2v) is 5.15. The van der Waals surface area contributed by atoms with Gasteiger partial charge in [0.15, 0.2) is 0 Å². The number of carbonyl (C=O) groups is 1. The average Bonchev–Trinajstić information content (AvgIpc) is 2.42. The average molecular weight is 263 g/mol. The number of aromatic hydroxyl groups is 1. The van der Waals surface area contributed by atoms with Crippen molar-refractivity contribution in [3.63, 3.8) is 0 Å². The number of likely N-dealkylation sites (N-methyl/N-ethyl adjacent to an activating group) is 1. The summed E-state index contributed by atoms with van der Waals surface area (Å²) in [5.41, 5.74) is 1.08. The molecule has 1 atom stereocenters. The summed E-state index contributed by atoms with van der Waals surface area (Å²) in [4.78, 5) is 13.9. The molecular formula is C15H21NO3. The first-order valence-electron chi connectivity index (χ1n) is 6.75. The van der Waals surface area contributed by atoms with Gasteiger partial charge >= 0.3 is 0 Å². The third-order valence-corrected chi connectivity index (χ3v) is 3.57. The molecule has 0 bridgehead atoms. The lowest BCUT2D eigenvalue weighted by Crippen LogP contribution is -2.37. The number of nitrogens with zero attached hydrogens (tertiary/aromatic N) is 1. The number of benzene rings is 1. The Morgan fingerprint density at radius 1 is 1.47 bits per heavy atom. The van der Waals surface area contributed by atoms with Crippen LogP contribution in [-0.2, 0) is 4.74 Å². The molecule has 0 aromatic heterocycles. The van der Waals surface area contributed by atoms with Crippen LogP contribution in [0.25, 0.3) is 0 Å². The van der Waals surface area contributed by atoms with Gasteiger partial charge in [-0.25, -0.2) is 0 Å². The summed E-state index contributed by atoms with van der Waals surface area (Å²) < 4.78 is 5.63. The van der Waals surface area contributed by atoms with E-state index in [0.29, 0.717) is 17.7 Å². The summed E-state index contributed by atoms with van der Waals surface area (Å²) in [6.45, 7) is 3.14. The summed E-state index contributed by atoms with van der Waals surface area (Å²) >= 11 is 0. The van der Waals surface area contributed by atoms with E-state index in [9.17, 15) is 9.90 Å². The van der Waals surface area contributed by atoms with Crippen molar-refractivity contribution in [2.75, 3.05) is 20.2 Å². The van der Waals surface area contributed by atoms with Crippen LogP contribution in [-0.4, -0.2) is 42.2 Å². The number of amides is 1. The minimum Gasteiger partial charge on any atom is -0.507 e. The van der Waals surface area contributed by atoms with Crippen molar-refractivity contribution in [1.29, 1.82) is 0 Å². The summed E-state index contributed by atoms with van der Waals surface area (Å²) in [5.74, 6) is -0.0840. The molecular weight excluding hydrogens is 242 g/mol. The number of rotatable bonds is 3. The van der Waals surface area contributed by atoms with E-state index in [1.54, 1.807) is 37.1 Å². The summed E-state index contributed by atoms with van der Waals surface area (Å²) in [6, 6.07) is 5.23. The minimum atomic E-state index is -0.157. The second-order valence-electron chi connectivity index (χ2n) is 5.15. The largest absolute Gasteiger partial charge is 0.507 e. The zero-order valence-corrected chi connectivity index (χ0v) is 11.6. The van der Waals surface area contributed by atoms with E-state index < -0.39 is 0 Å². The molecule has 1 saturated heterocycles. The molecule has 2 rings (SSSR count). The van der Waals surface area contributed by atoms with E-state index in [0.717, 1.165) is 25.9 Å². The molecule has 1 unspecified atom stereocenters. The standard InChI is InChI=1S/C15H21NO3/c1-11-6-5-8-13(14(11)17)15(18)16(2)10-12-7-3-4-9-19-12/h5-6,8,12,17H,3-4,7,9-10H2,1-2H3. The maximum Gasteiger partial charge on any atom is 0.257 e. The highest BCUT2D eigenvalue weighted by molar-refractivity contribution is 5.97. The molecule has 0 saturated carbocycles. The van der Waals surface area contributed by atoms with E-state index in [1.807, 2.05) is 0 Å². The second kappa shape index (κ2) is 6.06. The lowest BCUT2D eigenvalue weighted by molar-refractivity contribution is -0.000241. The first kappa shape index (κ1) is 13.9. The van der Waals surface area contributed by atoms with E-state index in [4.69, 9.17) is 4.74 Å². The van der Waals surface area contributed by atoms with Gasteiger partial charge in [0.25, 0.3) is 5.91 Å². The van der Waals surface area contributed by atoms with Gasteiger partial charge in [0.2, 0.25) is 0 Å². The van der Waals surface area contributed by atoms with Crippen LogP contribution in [0.4, 0.5) is 0 Å². The van der Waals surface area contributed by atoms with Crippen LogP contribution < -0.4 is 0 Å². The summed E-state index contributed by atoms with van der Waals surface area (Å²) in [6.07, 6.45) is 3.38. The van der Waals surface area contributed by atoms with Gasteiger partial charge in [-0.3, -0.25) is 4.79 Å². The van der Waals surface area contributed by atoms with Crippen LogP contribution in [0.2, 0.25) is 0 Å². The Hall–Kier alpha value is -1.55. The molecule has 1 fully saturated rings. The molecule has 1 aliphatic rings. The Morgan fingerprint density at radius 2 is 2.26 bits per heavy atom. The fourth-order valence-corrected chi connectivity index (χ4v) is 2.38. The molecule has 104 valence electrons. The zero-order chi connectivity index (χ0) is 13.8. The molecule has 0 radical (unpaired) electrons. The number of phenolic OH excluding ortho intramolecular Hbond substituents is 1. The Balaban J connectivity index is 2.03. The number of phenols is 1. The van der Waals surface area contributed by atoms with Gasteiger partial charge in [0, 0.05) is 20.2 Å². The molecule has 1 amide bonds. The number of carbonyl (C=O) groups excluding carboxylic acids is 1. The molecule has 19 heavy (non-hydrogen) atoms. The number of ether oxygens (including phenoxy) is 1. The Labute approximate surface area is 114 Å². The van der Waals surface area contributed by atoms with Crippen LogP contribution in [0.1, 0.15) is 35.2 Å². The molecule has 1 N–H and O–H groups in total. The number of hydrogen-bond acceptors (Lipinski definition) is 3. The van der Waals surface area contributed by atoms with E-state index in [-0.39, 0.29) is 17.8 Å². The normalized spacial score (nSPS) is 19.2. The van der Waals surface area contributed by atoms with Gasteiger partial charge in [0.1, 0.15) is 5.75 Å². The van der Waals surface area contributed by atoms with E-state index >= 15 is 0 Å². The molecule has 0 spiro atoms. The van der Waals surface area contributed by atoms with Crippen molar-refractivity contribution < 1.29 is 14.6 Å². The van der Waals surface area contributed by atoms with Crippen LogP contribution in [0.15, 0.2) is 18.2 Å². The molecule has 1 aromatic carbocycles. The monoisotopic (exact) mass is 263 g/mol. The van der Waals surface area contributed by atoms with Gasteiger partial charge in [0.05, 0.1) is 11.7 Å². The van der Waals surface area contributed by atoms with E-state index in [2.05, 4.69) is 0 Å². The number of para-hydroxylation sites is 1. The zero-order valence-electron chi connectivity index (χ0n) is 11.6. The Kier molecular flexibility index (Phi) is 4.43. The fraction of sp³-hybridized carbons (Fsp3) is 0.533. The predicted octanol–water partition coefficient (Wildman–Crippen LogP) is 2.34. The number of hydrogen-bond donors (Lipinski definition) is 1. The van der Waals surface area contributed by atoms with Gasteiger partial charge in [-0.1, -0.05) is 12.1 Å². The Bertz CT molecular complexity index is 453. The van der Waals surface area contributed by atoms with Crippen molar-refractivity contribution in [2.45, 2.75) is 32.3 Å². The first-order chi connectivity index (χ1) is 9.09. The van der Waals surface area contributed by atoms with E-state index in [1.165, 1.54) is 0 Å². The highest BCUT2D eigenvalue weighted by Crippen LogP contribution is 2.23. The van der Waals surface area contributed by atoms with Gasteiger partial charge < -0.3 is 14.7 Å². The van der Waals surface area contributed by atoms with Crippen LogP contribution in [0.5, 0.6) is 5.75 Å². The maximum atomic E-state index is 12.3. The quantitative estimate of drug-likeness (QED) is 0.910. The third-order valence-electron chi connectivity index (χ3n) is 3.57. The van der Waals surface area contributed by atoms with Gasteiger partial charge in [-0.15, -0.1) is 0 Å². The highest BCUT2D eigenvalue weighted by Gasteiger charge is 2.21. The molecule has 0 aliphatic carbocycles. The molecule has 4 nitrogen and oxygen atoms in total. The maximum absolute atomic E-state index is 12.3. The van der Waals surface area contributed by atoms with Crippen molar-refractivity contribution >= 4 is 5.91 Å². The van der Waals surface area contributed by atoms with Gasteiger partial charge in [-0.2, -0.15) is 0 Å². The summed E-state index contributed by atoms with van der Waals surface area (Å²) in [7, 11) is 1.75. The third kappa shape index (κ3) is 3.26. The molecule has 1 heterocycles. The minimum absolute atomic E-state index is 0.0731. The van der Waals surface area contributed by atoms with Crippen molar-refractivity contribution in [2.24, 2.45) is 0 Å². The highest BCUT2D eigenvalue weighted by atomic mass is 16.5. The van der Waals surface area contributed by atoms with Crippen LogP contribution in [0, 0.1) is 6.92 Å². The van der Waals surface area contributed by atoms with Crippen molar-refractivity contribution in [3.05, 3.63) is 29.3 Å². The van der Waals surface area contributed by atoms with Gasteiger partial charge in [-0.05, 0) is 37.8 Å². The van der Waals surface area contributed by atoms with Crippen molar-refractivity contribution in [3.8, 4) is 5.75 Å². The first-order valence-corrected chi connectivity index (χ1v) is 6.75. The topological polar surface area (TPSA) is 49.8 Å². The van der Waals surface area contributed by atoms with Crippen LogP contribution >= 0.6 is 0 Å². The van der Waals surface area contributed by atoms with Crippen molar-refractivity contribution in [1.82, 2.24) is 4.90 Å². The Morgan fingerprint density at radius 3 is 2.95 bits per heavy atom. The molecule has 1 aliphatic heterocycles. The fourth-order valence-electron chi connectivity index (χ4n) is 2.38. The number of aryl methyl sites for hydroxylation is 1. The predicted molar refractivity (Wildman–Crippen MR) is 73.4 cm³/mol. The van der Waals surface area contributed by atoms with Crippen LogP contribution in [0.3, 0.4) is 0 Å². The SMILES string of the molecule is Cc1cccc(C(=O)N(C)CC2CCCCO2)c1O.